The lowest BCUT2D eigenvalue weighted by molar-refractivity contribution is -0.137. The molecule has 0 aliphatic carbocycles. The molecule has 0 radical (unpaired) electrons. The lowest BCUT2D eigenvalue weighted by Gasteiger charge is -2.39. The number of halogens is 4. The van der Waals surface area contributed by atoms with E-state index in [-0.39, 0.29) is 24.3 Å². The maximum absolute atomic E-state index is 14.0. The number of hydrogen-bond acceptors (Lipinski definition) is 4. The van der Waals surface area contributed by atoms with Gasteiger partial charge < -0.3 is 4.90 Å². The maximum atomic E-state index is 14.0. The van der Waals surface area contributed by atoms with Gasteiger partial charge in [0, 0.05) is 44.0 Å². The summed E-state index contributed by atoms with van der Waals surface area (Å²) in [4.78, 5) is 29.7. The maximum Gasteiger partial charge on any atom is 0.416 e. The van der Waals surface area contributed by atoms with Crippen molar-refractivity contribution in [3.05, 3.63) is 65.2 Å². The van der Waals surface area contributed by atoms with Crippen LogP contribution in [0.3, 0.4) is 0 Å². The number of rotatable bonds is 6. The summed E-state index contributed by atoms with van der Waals surface area (Å²) in [6, 6.07) is 10.1. The van der Waals surface area contributed by atoms with Crippen molar-refractivity contribution in [1.82, 2.24) is 15.3 Å². The Morgan fingerprint density at radius 1 is 1.00 bits per heavy atom. The predicted molar refractivity (Wildman–Crippen MR) is 122 cm³/mol. The number of hydroxylamine groups is 1. The molecule has 0 atom stereocenters. The molecule has 0 spiro atoms. The van der Waals surface area contributed by atoms with Gasteiger partial charge in [-0.2, -0.15) is 13.2 Å². The average molecular weight is 497 g/mol. The number of benzene rings is 2. The minimum atomic E-state index is -4.57. The SMILES string of the molecule is CC(C)(F)CN1CCN(C(=O)N(Cc2ccc(C(=O)NO)cc2)c2cccc(C(F)(F)F)c2)CC1. The Balaban J connectivity index is 1.84. The van der Waals surface area contributed by atoms with Crippen molar-refractivity contribution in [2.45, 2.75) is 32.2 Å². The van der Waals surface area contributed by atoms with Crippen LogP contribution in [0.2, 0.25) is 0 Å². The normalized spacial score (nSPS) is 15.1. The van der Waals surface area contributed by atoms with Gasteiger partial charge in [0.1, 0.15) is 5.67 Å². The molecule has 11 heteroatoms. The Morgan fingerprint density at radius 3 is 2.17 bits per heavy atom. The third-order valence-electron chi connectivity index (χ3n) is 5.62. The summed E-state index contributed by atoms with van der Waals surface area (Å²) in [6.07, 6.45) is -4.57. The highest BCUT2D eigenvalue weighted by Crippen LogP contribution is 2.32. The standard InChI is InChI=1S/C24H28F4N4O3/c1-23(2,25)16-30-10-12-31(13-11-30)22(34)32(20-5-3-4-19(14-20)24(26,27)28)15-17-6-8-18(9-7-17)21(33)29-35/h3-9,14,35H,10-13,15-16H2,1-2H3,(H,29,33). The summed E-state index contributed by atoms with van der Waals surface area (Å²) in [5, 5.41) is 8.77. The second-order valence-corrected chi connectivity index (χ2v) is 9.04. The highest BCUT2D eigenvalue weighted by atomic mass is 19.4. The van der Waals surface area contributed by atoms with Crippen LogP contribution in [0.5, 0.6) is 0 Å². The van der Waals surface area contributed by atoms with Gasteiger partial charge in [-0.05, 0) is 49.7 Å². The zero-order valence-corrected chi connectivity index (χ0v) is 19.5. The van der Waals surface area contributed by atoms with E-state index in [9.17, 15) is 27.2 Å². The van der Waals surface area contributed by atoms with Crippen LogP contribution >= 0.6 is 0 Å². The molecule has 1 aliphatic rings. The first kappa shape index (κ1) is 26.4. The van der Waals surface area contributed by atoms with Crippen molar-refractivity contribution in [2.24, 2.45) is 0 Å². The number of amides is 3. The number of nitrogens with one attached hydrogen (secondary N) is 1. The van der Waals surface area contributed by atoms with E-state index >= 15 is 0 Å². The van der Waals surface area contributed by atoms with Gasteiger partial charge in [-0.25, -0.2) is 14.7 Å². The molecule has 1 fully saturated rings. The Bertz CT molecular complexity index is 1030. The van der Waals surface area contributed by atoms with E-state index in [2.05, 4.69) is 0 Å². The highest BCUT2D eigenvalue weighted by molar-refractivity contribution is 5.94. The first-order chi connectivity index (χ1) is 16.4. The Labute approximate surface area is 200 Å². The Morgan fingerprint density at radius 2 is 1.63 bits per heavy atom. The molecule has 1 saturated heterocycles. The Kier molecular flexibility index (Phi) is 8.01. The molecule has 2 aromatic carbocycles. The van der Waals surface area contributed by atoms with Crippen molar-refractivity contribution < 1.29 is 32.4 Å². The van der Waals surface area contributed by atoms with E-state index in [4.69, 9.17) is 5.21 Å². The van der Waals surface area contributed by atoms with Crippen molar-refractivity contribution in [1.29, 1.82) is 0 Å². The zero-order valence-electron chi connectivity index (χ0n) is 19.5. The van der Waals surface area contributed by atoms with Gasteiger partial charge in [0.25, 0.3) is 5.91 Å². The van der Waals surface area contributed by atoms with Crippen molar-refractivity contribution in [2.75, 3.05) is 37.6 Å². The predicted octanol–water partition coefficient (Wildman–Crippen LogP) is 4.32. The van der Waals surface area contributed by atoms with E-state index in [1.807, 2.05) is 4.90 Å². The molecule has 0 bridgehead atoms. The average Bonchev–Trinajstić information content (AvgIpc) is 2.81. The minimum absolute atomic E-state index is 0.0428. The van der Waals surface area contributed by atoms with Crippen molar-refractivity contribution >= 4 is 17.6 Å². The number of piperazine rings is 1. The number of anilines is 1. The molecule has 0 saturated carbocycles. The van der Waals surface area contributed by atoms with E-state index in [0.29, 0.717) is 31.7 Å². The number of hydrogen-bond donors (Lipinski definition) is 2. The van der Waals surface area contributed by atoms with Crippen LogP contribution < -0.4 is 10.4 Å². The van der Waals surface area contributed by atoms with Crippen LogP contribution in [0.4, 0.5) is 28.0 Å². The van der Waals surface area contributed by atoms with Crippen LogP contribution in [0, 0.1) is 0 Å². The molecule has 2 aromatic rings. The van der Waals surface area contributed by atoms with Gasteiger partial charge in [0.15, 0.2) is 0 Å². The van der Waals surface area contributed by atoms with E-state index in [1.54, 1.807) is 12.1 Å². The molecule has 1 aliphatic heterocycles. The first-order valence-corrected chi connectivity index (χ1v) is 11.1. The lowest BCUT2D eigenvalue weighted by Crippen LogP contribution is -2.54. The van der Waals surface area contributed by atoms with Crippen LogP contribution in [0.1, 0.15) is 35.3 Å². The molecule has 1 heterocycles. The molecular weight excluding hydrogens is 468 g/mol. The molecule has 35 heavy (non-hydrogen) atoms. The smallest absolute Gasteiger partial charge is 0.322 e. The number of nitrogens with zero attached hydrogens (tertiary/aromatic N) is 3. The minimum Gasteiger partial charge on any atom is -0.322 e. The zero-order chi connectivity index (χ0) is 25.8. The quantitative estimate of drug-likeness (QED) is 0.355. The molecule has 3 rings (SSSR count). The second-order valence-electron chi connectivity index (χ2n) is 9.04. The summed E-state index contributed by atoms with van der Waals surface area (Å²) < 4.78 is 54.0. The van der Waals surface area contributed by atoms with Gasteiger partial charge in [0.05, 0.1) is 12.1 Å². The fourth-order valence-corrected chi connectivity index (χ4v) is 3.93. The van der Waals surface area contributed by atoms with Gasteiger partial charge in [0.2, 0.25) is 0 Å². The molecule has 0 unspecified atom stereocenters. The molecule has 190 valence electrons. The molecule has 0 aromatic heterocycles. The number of alkyl halides is 4. The largest absolute Gasteiger partial charge is 0.416 e. The van der Waals surface area contributed by atoms with Gasteiger partial charge in [-0.3, -0.25) is 19.8 Å². The van der Waals surface area contributed by atoms with Crippen molar-refractivity contribution in [3.8, 4) is 0 Å². The van der Waals surface area contributed by atoms with Crippen LogP contribution in [0.15, 0.2) is 48.5 Å². The van der Waals surface area contributed by atoms with Gasteiger partial charge >= 0.3 is 12.2 Å². The van der Waals surface area contributed by atoms with Gasteiger partial charge in [-0.15, -0.1) is 0 Å². The molecule has 3 amide bonds. The molecule has 2 N–H and O–H groups in total. The summed E-state index contributed by atoms with van der Waals surface area (Å²) in [5.74, 6) is -0.711. The lowest BCUT2D eigenvalue weighted by atomic mass is 10.1. The summed E-state index contributed by atoms with van der Waals surface area (Å²) in [5.41, 5.74) is 0.0967. The van der Waals surface area contributed by atoms with E-state index in [1.165, 1.54) is 53.4 Å². The fourth-order valence-electron chi connectivity index (χ4n) is 3.93. The van der Waals surface area contributed by atoms with Crippen LogP contribution in [-0.2, 0) is 12.7 Å². The van der Waals surface area contributed by atoms with Crippen LogP contribution in [0.25, 0.3) is 0 Å². The molecular formula is C24H28F4N4O3. The monoisotopic (exact) mass is 496 g/mol. The van der Waals surface area contributed by atoms with Gasteiger partial charge in [-0.1, -0.05) is 18.2 Å². The summed E-state index contributed by atoms with van der Waals surface area (Å²) >= 11 is 0. The highest BCUT2D eigenvalue weighted by Gasteiger charge is 2.33. The molecule has 7 nitrogen and oxygen atoms in total. The first-order valence-electron chi connectivity index (χ1n) is 11.1. The summed E-state index contributed by atoms with van der Waals surface area (Å²) in [7, 11) is 0. The third-order valence-corrected chi connectivity index (χ3v) is 5.62. The number of urea groups is 1. The second kappa shape index (κ2) is 10.6. The van der Waals surface area contributed by atoms with Crippen molar-refractivity contribution in [3.63, 3.8) is 0 Å². The third kappa shape index (κ3) is 7.15. The number of carbonyl (C=O) groups is 2. The Hall–Kier alpha value is -3.18. The topological polar surface area (TPSA) is 76.1 Å². The van der Waals surface area contributed by atoms with E-state index in [0.717, 1.165) is 12.1 Å². The van der Waals surface area contributed by atoms with E-state index < -0.39 is 29.3 Å². The van der Waals surface area contributed by atoms with Crippen LogP contribution in [-0.4, -0.2) is 65.3 Å². The number of carbonyl (C=O) groups excluding carboxylic acids is 2. The summed E-state index contributed by atoms with van der Waals surface area (Å²) in [6.45, 7) is 4.64. The fraction of sp³-hybridized carbons (Fsp3) is 0.417.